The number of aromatic amines is 1. The third kappa shape index (κ3) is 5.56. The number of imidazole rings is 1. The number of H-pyrrole nitrogens is 1. The molecule has 3 rings (SSSR count). The van der Waals surface area contributed by atoms with Crippen LogP contribution in [0.4, 0.5) is 0 Å². The molecule has 0 unspecified atom stereocenters. The summed E-state index contributed by atoms with van der Waals surface area (Å²) in [5.74, 6) is 0.625. The molecule has 1 heterocycles. The van der Waals surface area contributed by atoms with E-state index in [0.29, 0.717) is 31.0 Å². The second-order valence-corrected chi connectivity index (χ2v) is 6.97. The minimum Gasteiger partial charge on any atom is -0.383 e. The molecule has 27 heavy (non-hydrogen) atoms. The minimum atomic E-state index is -0.0515. The first-order valence-corrected chi connectivity index (χ1v) is 9.90. The van der Waals surface area contributed by atoms with Crippen LogP contribution in [0, 0.1) is 0 Å². The topological polar surface area (TPSA) is 79.0 Å². The maximum absolute atomic E-state index is 12.5. The van der Waals surface area contributed by atoms with E-state index >= 15 is 0 Å². The van der Waals surface area contributed by atoms with Crippen LogP contribution in [0.15, 0.2) is 53.7 Å². The Morgan fingerprint density at radius 1 is 1.11 bits per heavy atom. The van der Waals surface area contributed by atoms with E-state index < -0.39 is 0 Å². The van der Waals surface area contributed by atoms with Gasteiger partial charge in [-0.2, -0.15) is 0 Å². The van der Waals surface area contributed by atoms with Crippen molar-refractivity contribution in [2.45, 2.75) is 10.9 Å². The van der Waals surface area contributed by atoms with Crippen LogP contribution >= 0.6 is 11.8 Å². The fraction of sp³-hybridized carbons (Fsp3) is 0.300. The van der Waals surface area contributed by atoms with E-state index in [1.165, 1.54) is 0 Å². The lowest BCUT2D eigenvalue weighted by atomic mass is 10.1. The summed E-state index contributed by atoms with van der Waals surface area (Å²) in [6.07, 6.45) is 0. The molecule has 0 aliphatic rings. The van der Waals surface area contributed by atoms with Gasteiger partial charge in [0, 0.05) is 38.1 Å². The molecule has 0 atom stereocenters. The Labute approximate surface area is 163 Å². The second kappa shape index (κ2) is 10.1. The van der Waals surface area contributed by atoms with Crippen molar-refractivity contribution in [3.63, 3.8) is 0 Å². The van der Waals surface area contributed by atoms with Gasteiger partial charge in [-0.05, 0) is 23.8 Å². The number of para-hydroxylation sites is 2. The fourth-order valence-electron chi connectivity index (χ4n) is 2.67. The van der Waals surface area contributed by atoms with Crippen LogP contribution in [0.25, 0.3) is 11.0 Å². The highest BCUT2D eigenvalue weighted by Crippen LogP contribution is 2.24. The zero-order valence-corrected chi connectivity index (χ0v) is 16.1. The lowest BCUT2D eigenvalue weighted by Crippen LogP contribution is -2.33. The van der Waals surface area contributed by atoms with Gasteiger partial charge in [0.2, 0.25) is 0 Å². The number of fused-ring (bicyclic) bond motifs is 1. The van der Waals surface area contributed by atoms with Gasteiger partial charge < -0.3 is 20.4 Å². The van der Waals surface area contributed by atoms with Gasteiger partial charge in [0.05, 0.1) is 17.6 Å². The molecule has 1 amide bonds. The molecule has 0 saturated carbocycles. The van der Waals surface area contributed by atoms with Crippen molar-refractivity contribution in [3.8, 4) is 0 Å². The van der Waals surface area contributed by atoms with Crippen LogP contribution in [0.5, 0.6) is 0 Å². The number of methoxy groups -OCH3 is 1. The number of carbonyl (C=O) groups excluding carboxylic acids is 1. The van der Waals surface area contributed by atoms with Gasteiger partial charge in [-0.1, -0.05) is 42.1 Å². The van der Waals surface area contributed by atoms with Gasteiger partial charge in [-0.25, -0.2) is 4.98 Å². The fourth-order valence-corrected chi connectivity index (χ4v) is 3.56. The van der Waals surface area contributed by atoms with Crippen LogP contribution < -0.4 is 10.6 Å². The molecule has 6 nitrogen and oxygen atoms in total. The van der Waals surface area contributed by atoms with Gasteiger partial charge in [0.1, 0.15) is 0 Å². The van der Waals surface area contributed by atoms with E-state index in [2.05, 4.69) is 20.6 Å². The number of hydrogen-bond acceptors (Lipinski definition) is 5. The van der Waals surface area contributed by atoms with E-state index in [1.54, 1.807) is 18.9 Å². The van der Waals surface area contributed by atoms with Crippen molar-refractivity contribution in [3.05, 3.63) is 59.7 Å². The molecule has 0 aliphatic heterocycles. The summed E-state index contributed by atoms with van der Waals surface area (Å²) in [6.45, 7) is 2.73. The van der Waals surface area contributed by atoms with E-state index in [0.717, 1.165) is 28.3 Å². The first kappa shape index (κ1) is 19.4. The lowest BCUT2D eigenvalue weighted by molar-refractivity contribution is 0.0953. The van der Waals surface area contributed by atoms with Crippen LogP contribution in [-0.4, -0.2) is 49.2 Å². The van der Waals surface area contributed by atoms with E-state index in [4.69, 9.17) is 4.74 Å². The number of hydrogen-bond donors (Lipinski definition) is 3. The smallest absolute Gasteiger partial charge is 0.251 e. The number of aromatic nitrogens is 2. The Balaban J connectivity index is 1.55. The van der Waals surface area contributed by atoms with Crippen molar-refractivity contribution in [2.24, 2.45) is 0 Å². The summed E-state index contributed by atoms with van der Waals surface area (Å²) in [5, 5.41) is 7.03. The van der Waals surface area contributed by atoms with Crippen molar-refractivity contribution < 1.29 is 9.53 Å². The number of nitrogens with zero attached hydrogens (tertiary/aromatic N) is 1. The molecule has 0 fully saturated rings. The highest BCUT2D eigenvalue weighted by atomic mass is 32.2. The van der Waals surface area contributed by atoms with E-state index in [1.807, 2.05) is 48.5 Å². The normalized spacial score (nSPS) is 11.0. The van der Waals surface area contributed by atoms with Gasteiger partial charge in [0.25, 0.3) is 5.91 Å². The van der Waals surface area contributed by atoms with Gasteiger partial charge >= 0.3 is 0 Å². The number of carbonyl (C=O) groups is 1. The third-order valence-corrected chi connectivity index (χ3v) is 4.99. The highest BCUT2D eigenvalue weighted by molar-refractivity contribution is 7.98. The third-order valence-electron chi connectivity index (χ3n) is 4.06. The quantitative estimate of drug-likeness (QED) is 0.370. The number of benzene rings is 2. The Kier molecular flexibility index (Phi) is 7.27. The molecule has 0 spiro atoms. The Morgan fingerprint density at radius 3 is 2.78 bits per heavy atom. The maximum Gasteiger partial charge on any atom is 0.251 e. The summed E-state index contributed by atoms with van der Waals surface area (Å²) in [4.78, 5) is 20.4. The largest absolute Gasteiger partial charge is 0.383 e. The molecular formula is C20H24N4O2S. The van der Waals surface area contributed by atoms with Gasteiger partial charge in [-0.3, -0.25) is 4.79 Å². The molecule has 142 valence electrons. The molecule has 7 heteroatoms. The molecule has 2 aromatic carbocycles. The molecule has 0 radical (unpaired) electrons. The van der Waals surface area contributed by atoms with Crippen LogP contribution in [0.1, 0.15) is 15.9 Å². The summed E-state index contributed by atoms with van der Waals surface area (Å²) < 4.78 is 4.98. The molecule has 0 aliphatic carbocycles. The van der Waals surface area contributed by atoms with Crippen LogP contribution in [0.3, 0.4) is 0 Å². The highest BCUT2D eigenvalue weighted by Gasteiger charge is 2.11. The Hall–Kier alpha value is -2.35. The van der Waals surface area contributed by atoms with Gasteiger partial charge in [-0.15, -0.1) is 0 Å². The summed E-state index contributed by atoms with van der Waals surface area (Å²) in [5.41, 5.74) is 3.67. The van der Waals surface area contributed by atoms with E-state index in [-0.39, 0.29) is 5.91 Å². The molecule has 3 N–H and O–H groups in total. The van der Waals surface area contributed by atoms with Gasteiger partial charge in [0.15, 0.2) is 5.16 Å². The molecule has 0 saturated heterocycles. The second-order valence-electron chi connectivity index (χ2n) is 6.00. The summed E-state index contributed by atoms with van der Waals surface area (Å²) >= 11 is 1.60. The lowest BCUT2D eigenvalue weighted by Gasteiger charge is -2.10. The Morgan fingerprint density at radius 2 is 1.93 bits per heavy atom. The molecule has 0 bridgehead atoms. The Bertz CT molecular complexity index is 848. The van der Waals surface area contributed by atoms with Crippen molar-refractivity contribution in [1.29, 1.82) is 0 Å². The number of nitrogens with one attached hydrogen (secondary N) is 3. The zero-order valence-electron chi connectivity index (χ0n) is 15.3. The van der Waals surface area contributed by atoms with Crippen LogP contribution in [0.2, 0.25) is 0 Å². The van der Waals surface area contributed by atoms with Crippen molar-refractivity contribution >= 4 is 28.7 Å². The minimum absolute atomic E-state index is 0.0515. The molecule has 1 aromatic heterocycles. The maximum atomic E-state index is 12.5. The number of ether oxygens (including phenoxy) is 1. The number of rotatable bonds is 10. The molecule has 3 aromatic rings. The van der Waals surface area contributed by atoms with Crippen molar-refractivity contribution in [2.75, 3.05) is 33.4 Å². The molecular weight excluding hydrogens is 360 g/mol. The monoisotopic (exact) mass is 384 g/mol. The predicted molar refractivity (Wildman–Crippen MR) is 109 cm³/mol. The zero-order chi connectivity index (χ0) is 18.9. The summed E-state index contributed by atoms with van der Waals surface area (Å²) in [7, 11) is 1.67. The SMILES string of the molecule is COCCNCCNC(=O)c1ccccc1CSc1nc2ccccc2[nH]1. The predicted octanol–water partition coefficient (Wildman–Crippen LogP) is 2.82. The summed E-state index contributed by atoms with van der Waals surface area (Å²) in [6, 6.07) is 15.6. The average molecular weight is 385 g/mol. The average Bonchev–Trinajstić information content (AvgIpc) is 3.12. The van der Waals surface area contributed by atoms with Crippen LogP contribution in [-0.2, 0) is 10.5 Å². The number of thioether (sulfide) groups is 1. The standard InChI is InChI=1S/C20H24N4O2S/c1-26-13-12-21-10-11-22-19(25)16-7-3-2-6-15(16)14-27-20-23-17-8-4-5-9-18(17)24-20/h2-9,21H,10-14H2,1H3,(H,22,25)(H,23,24). The van der Waals surface area contributed by atoms with Crippen molar-refractivity contribution in [1.82, 2.24) is 20.6 Å². The van der Waals surface area contributed by atoms with E-state index in [9.17, 15) is 4.79 Å². The first-order chi connectivity index (χ1) is 13.3. The number of amides is 1. The first-order valence-electron chi connectivity index (χ1n) is 8.91.